The van der Waals surface area contributed by atoms with E-state index in [4.69, 9.17) is 0 Å². The van der Waals surface area contributed by atoms with Crippen molar-refractivity contribution in [1.82, 2.24) is 14.9 Å². The van der Waals surface area contributed by atoms with Gasteiger partial charge in [0.25, 0.3) is 11.8 Å². The molecule has 8 heteroatoms. The number of imide groups is 1. The molecule has 1 atom stereocenters. The summed E-state index contributed by atoms with van der Waals surface area (Å²) in [5.41, 5.74) is 2.41. The van der Waals surface area contributed by atoms with Crippen LogP contribution in [-0.4, -0.2) is 50.9 Å². The van der Waals surface area contributed by atoms with Crippen molar-refractivity contribution in [2.24, 2.45) is 0 Å². The molecule has 0 bridgehead atoms. The van der Waals surface area contributed by atoms with Crippen LogP contribution >= 0.6 is 11.8 Å². The third-order valence-electron chi connectivity index (χ3n) is 5.18. The molecule has 4 rings (SSSR count). The minimum absolute atomic E-state index is 0.0177. The van der Waals surface area contributed by atoms with Crippen molar-refractivity contribution in [3.05, 3.63) is 47.3 Å². The number of para-hydroxylation sites is 1. The molecule has 3 amide bonds. The Morgan fingerprint density at radius 1 is 1.14 bits per heavy atom. The number of piperidine rings is 1. The van der Waals surface area contributed by atoms with E-state index in [-0.39, 0.29) is 23.5 Å². The van der Waals surface area contributed by atoms with Crippen LogP contribution in [0.3, 0.4) is 0 Å². The zero-order chi connectivity index (χ0) is 20.5. The summed E-state index contributed by atoms with van der Waals surface area (Å²) < 4.78 is 0. The zero-order valence-corrected chi connectivity index (χ0v) is 17.2. The summed E-state index contributed by atoms with van der Waals surface area (Å²) in [7, 11) is 0. The second kappa shape index (κ2) is 7.94. The van der Waals surface area contributed by atoms with Crippen LogP contribution in [0.4, 0.5) is 5.69 Å². The lowest BCUT2D eigenvalue weighted by Gasteiger charge is -2.34. The first kappa shape index (κ1) is 19.6. The number of benzene rings is 1. The van der Waals surface area contributed by atoms with Crippen LogP contribution in [0, 0.1) is 13.8 Å². The second-order valence-corrected chi connectivity index (χ2v) is 8.26. The fraction of sp³-hybridized carbons (Fsp3) is 0.381. The van der Waals surface area contributed by atoms with Crippen molar-refractivity contribution in [2.75, 3.05) is 17.2 Å². The van der Waals surface area contributed by atoms with E-state index in [1.807, 2.05) is 19.9 Å². The van der Waals surface area contributed by atoms with Crippen LogP contribution in [0.5, 0.6) is 0 Å². The largest absolute Gasteiger partial charge is 0.327 e. The number of thioether (sulfide) groups is 1. The van der Waals surface area contributed by atoms with Gasteiger partial charge in [0.05, 0.1) is 17.0 Å². The molecule has 2 aromatic rings. The minimum Gasteiger partial charge on any atom is -0.327 e. The predicted molar refractivity (Wildman–Crippen MR) is 110 cm³/mol. The highest BCUT2D eigenvalue weighted by atomic mass is 32.2. The van der Waals surface area contributed by atoms with E-state index in [0.29, 0.717) is 29.4 Å². The number of rotatable bonds is 3. The quantitative estimate of drug-likeness (QED) is 0.572. The Kier molecular flexibility index (Phi) is 5.36. The maximum absolute atomic E-state index is 13.3. The highest BCUT2D eigenvalue weighted by Gasteiger charge is 2.42. The van der Waals surface area contributed by atoms with Crippen LogP contribution in [0.2, 0.25) is 0 Å². The van der Waals surface area contributed by atoms with Gasteiger partial charge in [-0.1, -0.05) is 23.9 Å². The van der Waals surface area contributed by atoms with Crippen molar-refractivity contribution in [3.8, 4) is 0 Å². The van der Waals surface area contributed by atoms with Gasteiger partial charge in [-0.25, -0.2) is 14.9 Å². The number of aryl methyl sites for hydroxylation is 2. The second-order valence-electron chi connectivity index (χ2n) is 7.32. The number of amides is 3. The van der Waals surface area contributed by atoms with Gasteiger partial charge in [-0.2, -0.15) is 0 Å². The molecule has 3 heterocycles. The Morgan fingerprint density at radius 3 is 2.62 bits per heavy atom. The maximum Gasteiger partial charge on any atom is 0.256 e. The number of anilines is 1. The van der Waals surface area contributed by atoms with E-state index in [1.165, 1.54) is 16.7 Å². The minimum atomic E-state index is -0.588. The Hall–Kier alpha value is -2.74. The van der Waals surface area contributed by atoms with E-state index in [0.717, 1.165) is 24.2 Å². The Balaban J connectivity index is 1.65. The molecule has 7 nitrogen and oxygen atoms in total. The number of hydrogen-bond donors (Lipinski definition) is 0. The smallest absolute Gasteiger partial charge is 0.256 e. The number of aromatic nitrogens is 2. The summed E-state index contributed by atoms with van der Waals surface area (Å²) >= 11 is 1.20. The van der Waals surface area contributed by atoms with Gasteiger partial charge in [-0.05, 0) is 51.3 Å². The fourth-order valence-electron chi connectivity index (χ4n) is 3.91. The van der Waals surface area contributed by atoms with Crippen molar-refractivity contribution in [1.29, 1.82) is 0 Å². The molecule has 1 fully saturated rings. The fourth-order valence-corrected chi connectivity index (χ4v) is 4.71. The summed E-state index contributed by atoms with van der Waals surface area (Å²) in [6.07, 6.45) is 2.31. The zero-order valence-electron chi connectivity index (χ0n) is 16.4. The first-order valence-electron chi connectivity index (χ1n) is 9.67. The lowest BCUT2D eigenvalue weighted by molar-refractivity contribution is -0.128. The molecule has 1 aromatic heterocycles. The molecule has 0 aliphatic carbocycles. The molecular weight excluding hydrogens is 388 g/mol. The maximum atomic E-state index is 13.3. The third-order valence-corrected chi connectivity index (χ3v) is 6.01. The van der Waals surface area contributed by atoms with Crippen LogP contribution < -0.4 is 4.90 Å². The number of carbonyl (C=O) groups is 3. The number of fused-ring (bicyclic) bond motifs is 2. The van der Waals surface area contributed by atoms with E-state index >= 15 is 0 Å². The van der Waals surface area contributed by atoms with E-state index in [9.17, 15) is 14.4 Å². The summed E-state index contributed by atoms with van der Waals surface area (Å²) in [6.45, 7) is 4.29. The van der Waals surface area contributed by atoms with Crippen molar-refractivity contribution >= 4 is 35.2 Å². The number of carbonyl (C=O) groups excluding carboxylic acids is 3. The molecule has 29 heavy (non-hydrogen) atoms. The van der Waals surface area contributed by atoms with Gasteiger partial charge in [0.15, 0.2) is 5.16 Å². The van der Waals surface area contributed by atoms with Crippen molar-refractivity contribution in [2.45, 2.75) is 44.3 Å². The lowest BCUT2D eigenvalue weighted by Crippen LogP contribution is -2.52. The van der Waals surface area contributed by atoms with Gasteiger partial charge in [-0.3, -0.25) is 14.4 Å². The standard InChI is InChI=1S/C21H22N4O3S/c1-13-11-14(2)23-21(22-13)29-12-18(26)25-16-8-4-3-7-15(16)19(27)24-10-6-5-9-17(24)20(25)28/h3-4,7-8,11,17H,5-6,9-10,12H2,1-2H3/t17-/m0/s1. The topological polar surface area (TPSA) is 83.5 Å². The number of hydrogen-bond acceptors (Lipinski definition) is 6. The monoisotopic (exact) mass is 410 g/mol. The van der Waals surface area contributed by atoms with E-state index < -0.39 is 6.04 Å². The third kappa shape index (κ3) is 3.76. The molecule has 150 valence electrons. The van der Waals surface area contributed by atoms with Crippen molar-refractivity contribution in [3.63, 3.8) is 0 Å². The Morgan fingerprint density at radius 2 is 1.86 bits per heavy atom. The SMILES string of the molecule is Cc1cc(C)nc(SCC(=O)N2C(=O)[C@@H]3CCCCN3C(=O)c3ccccc32)n1. The highest BCUT2D eigenvalue weighted by Crippen LogP contribution is 2.32. The molecule has 1 saturated heterocycles. The van der Waals surface area contributed by atoms with E-state index in [2.05, 4.69) is 9.97 Å². The van der Waals surface area contributed by atoms with Gasteiger partial charge in [0, 0.05) is 17.9 Å². The van der Waals surface area contributed by atoms with Crippen LogP contribution in [0.1, 0.15) is 41.0 Å². The van der Waals surface area contributed by atoms with Crippen molar-refractivity contribution < 1.29 is 14.4 Å². The first-order chi connectivity index (χ1) is 14.0. The first-order valence-corrected chi connectivity index (χ1v) is 10.7. The van der Waals surface area contributed by atoms with Gasteiger partial charge in [-0.15, -0.1) is 0 Å². The molecule has 0 spiro atoms. The van der Waals surface area contributed by atoms with Crippen LogP contribution in [0.25, 0.3) is 0 Å². The lowest BCUT2D eigenvalue weighted by atomic mass is 10.0. The molecule has 2 aliphatic heterocycles. The van der Waals surface area contributed by atoms with Gasteiger partial charge < -0.3 is 4.90 Å². The summed E-state index contributed by atoms with van der Waals surface area (Å²) in [6, 6.07) is 8.12. The van der Waals surface area contributed by atoms with Crippen LogP contribution in [0.15, 0.2) is 35.5 Å². The molecule has 0 N–H and O–H groups in total. The Labute approximate surface area is 173 Å². The van der Waals surface area contributed by atoms with Crippen LogP contribution in [-0.2, 0) is 9.59 Å². The van der Waals surface area contributed by atoms with Gasteiger partial charge in [0.1, 0.15) is 6.04 Å². The Bertz CT molecular complexity index is 973. The molecule has 0 unspecified atom stereocenters. The summed E-state index contributed by atoms with van der Waals surface area (Å²) in [5, 5.41) is 0.502. The molecule has 1 aromatic carbocycles. The average molecular weight is 410 g/mol. The average Bonchev–Trinajstić information content (AvgIpc) is 2.80. The van der Waals surface area contributed by atoms with E-state index in [1.54, 1.807) is 29.2 Å². The number of nitrogens with zero attached hydrogens (tertiary/aromatic N) is 4. The van der Waals surface area contributed by atoms with Gasteiger partial charge >= 0.3 is 0 Å². The highest BCUT2D eigenvalue weighted by molar-refractivity contribution is 7.99. The van der Waals surface area contributed by atoms with Gasteiger partial charge in [0.2, 0.25) is 5.91 Å². The summed E-state index contributed by atoms with van der Waals surface area (Å²) in [4.78, 5) is 51.0. The summed E-state index contributed by atoms with van der Waals surface area (Å²) in [5.74, 6) is -0.853. The molecular formula is C21H22N4O3S. The molecule has 2 aliphatic rings. The molecule has 0 saturated carbocycles. The molecule has 0 radical (unpaired) electrons. The normalized spacial score (nSPS) is 18.9. The predicted octanol–water partition coefficient (Wildman–Crippen LogP) is 2.75.